The lowest BCUT2D eigenvalue weighted by molar-refractivity contribution is -0.228. The smallest absolute Gasteiger partial charge is 0.303 e. The highest BCUT2D eigenvalue weighted by atomic mass is 16.6. The number of ether oxygens (including phenoxy) is 4. The summed E-state index contributed by atoms with van der Waals surface area (Å²) in [6.45, 7) is 13.9. The van der Waals surface area contributed by atoms with Crippen molar-refractivity contribution in [2.75, 3.05) is 0 Å². The minimum absolute atomic E-state index is 0.0413. The number of esters is 3. The number of carbonyl (C=O) groups is 5. The fraction of sp³-hybridized carbons (Fsp3) is 0.531. The summed E-state index contributed by atoms with van der Waals surface area (Å²) in [5, 5.41) is 12.9. The Morgan fingerprint density at radius 1 is 0.929 bits per heavy atom. The van der Waals surface area contributed by atoms with Crippen LogP contribution in [0.4, 0.5) is 0 Å². The number of hydrogen-bond acceptors (Lipinski definition) is 10. The molecule has 0 amide bonds. The number of para-hydroxylation sites is 1. The zero-order chi connectivity index (χ0) is 31.6. The van der Waals surface area contributed by atoms with Crippen LogP contribution in [0.5, 0.6) is 5.75 Å². The van der Waals surface area contributed by atoms with Crippen LogP contribution in [0.1, 0.15) is 61.3 Å². The Bertz CT molecular complexity index is 1280. The van der Waals surface area contributed by atoms with E-state index in [1.54, 1.807) is 58.0 Å². The first-order valence-electron chi connectivity index (χ1n) is 13.9. The summed E-state index contributed by atoms with van der Waals surface area (Å²) in [4.78, 5) is 65.3. The molecule has 1 aromatic carbocycles. The second-order valence-electron chi connectivity index (χ2n) is 11.8. The Kier molecular flexibility index (Phi) is 9.51. The van der Waals surface area contributed by atoms with E-state index in [0.717, 1.165) is 20.8 Å². The average Bonchev–Trinajstić information content (AvgIpc) is 3.10. The molecule has 7 atom stereocenters. The summed E-state index contributed by atoms with van der Waals surface area (Å²) >= 11 is 0. The SMILES string of the molecule is C=C1CC(OC(C)=O)C(=O)C(C)(C)/C=C/[C@@H](C)C(=O)C2(OC(C)=O)C[C@H](C)[C@H](Oc3ccccc3)[C@]2(O)[C@H]1OC(C)=O. The van der Waals surface area contributed by atoms with Crippen LogP contribution in [-0.4, -0.2) is 64.1 Å². The van der Waals surface area contributed by atoms with Crippen LogP contribution in [0.15, 0.2) is 54.6 Å². The van der Waals surface area contributed by atoms with Crippen molar-refractivity contribution in [2.24, 2.45) is 17.3 Å². The van der Waals surface area contributed by atoms with Crippen molar-refractivity contribution in [2.45, 2.75) is 90.8 Å². The molecular weight excluding hydrogens is 544 g/mol. The molecule has 2 unspecified atom stereocenters. The molecule has 3 rings (SSSR count). The standard InChI is InChI=1S/C32H40O10/c1-18-14-15-30(7,8)27(37)25(39-21(4)33)16-19(2)28(40-22(5)34)32(38)29(41-24-12-10-9-11-13-24)20(3)17-31(32,26(18)36)42-23(6)35/h9-15,18,20,25,28-29,38H,2,16-17H2,1,3-8H3/b15-14+/t18-,20+,25?,28+,29+,31?,32-/m1/s1. The Balaban J connectivity index is 2.38. The van der Waals surface area contributed by atoms with Crippen LogP contribution in [0.3, 0.4) is 0 Å². The Labute approximate surface area is 246 Å². The molecule has 10 heteroatoms. The summed E-state index contributed by atoms with van der Waals surface area (Å²) in [6.07, 6.45) is -1.86. The third-order valence-electron chi connectivity index (χ3n) is 7.88. The molecule has 0 spiro atoms. The molecule has 1 N–H and O–H groups in total. The molecule has 0 heterocycles. The van der Waals surface area contributed by atoms with Gasteiger partial charge in [-0.3, -0.25) is 24.0 Å². The van der Waals surface area contributed by atoms with Crippen molar-refractivity contribution >= 4 is 29.5 Å². The highest BCUT2D eigenvalue weighted by Gasteiger charge is 2.74. The first-order valence-corrected chi connectivity index (χ1v) is 13.9. The minimum atomic E-state index is -2.52. The number of hydrogen-bond donors (Lipinski definition) is 1. The Morgan fingerprint density at radius 3 is 2.07 bits per heavy atom. The first kappa shape index (κ1) is 32.7. The summed E-state index contributed by atoms with van der Waals surface area (Å²) in [6, 6.07) is 8.51. The van der Waals surface area contributed by atoms with Gasteiger partial charge in [0.2, 0.25) is 5.60 Å². The zero-order valence-electron chi connectivity index (χ0n) is 25.2. The predicted molar refractivity (Wildman–Crippen MR) is 151 cm³/mol. The molecule has 0 bridgehead atoms. The average molecular weight is 585 g/mol. The van der Waals surface area contributed by atoms with Crippen molar-refractivity contribution in [3.05, 3.63) is 54.6 Å². The van der Waals surface area contributed by atoms with Gasteiger partial charge in [0.25, 0.3) is 0 Å². The lowest BCUT2D eigenvalue weighted by atomic mass is 9.70. The van der Waals surface area contributed by atoms with Crippen LogP contribution in [-0.2, 0) is 38.2 Å². The van der Waals surface area contributed by atoms with Crippen LogP contribution in [0.2, 0.25) is 0 Å². The largest absolute Gasteiger partial charge is 0.487 e. The number of Topliss-reactive ketones (excluding diaryl/α,β-unsaturated/α-hetero) is 2. The lowest BCUT2D eigenvalue weighted by Crippen LogP contribution is -2.70. The fourth-order valence-electron chi connectivity index (χ4n) is 6.04. The summed E-state index contributed by atoms with van der Waals surface area (Å²) in [5.74, 6) is -4.84. The van der Waals surface area contributed by atoms with Crippen LogP contribution >= 0.6 is 0 Å². The number of ketones is 2. The highest BCUT2D eigenvalue weighted by molar-refractivity contribution is 5.96. The predicted octanol–water partition coefficient (Wildman–Crippen LogP) is 3.69. The second-order valence-corrected chi connectivity index (χ2v) is 11.8. The summed E-state index contributed by atoms with van der Waals surface area (Å²) < 4.78 is 23.2. The van der Waals surface area contributed by atoms with Gasteiger partial charge in [0, 0.05) is 50.9 Å². The van der Waals surface area contributed by atoms with Crippen LogP contribution in [0, 0.1) is 17.3 Å². The normalized spacial score (nSPS) is 33.8. The van der Waals surface area contributed by atoms with Gasteiger partial charge in [0.15, 0.2) is 29.4 Å². The third kappa shape index (κ3) is 6.18. The number of allylic oxidation sites excluding steroid dienone is 2. The first-order chi connectivity index (χ1) is 19.5. The van der Waals surface area contributed by atoms with Gasteiger partial charge in [-0.1, -0.05) is 50.8 Å². The summed E-state index contributed by atoms with van der Waals surface area (Å²) in [5.41, 5.74) is -6.01. The molecular formula is C32H40O10. The molecule has 0 saturated heterocycles. The molecule has 228 valence electrons. The molecule has 1 fully saturated rings. The number of carbonyl (C=O) groups excluding carboxylic acids is 5. The molecule has 0 radical (unpaired) electrons. The molecule has 42 heavy (non-hydrogen) atoms. The summed E-state index contributed by atoms with van der Waals surface area (Å²) in [7, 11) is 0. The third-order valence-corrected chi connectivity index (χ3v) is 7.88. The van der Waals surface area contributed by atoms with E-state index in [4.69, 9.17) is 18.9 Å². The molecule has 10 nitrogen and oxygen atoms in total. The quantitative estimate of drug-likeness (QED) is 0.309. The number of aliphatic hydroxyl groups is 1. The monoisotopic (exact) mass is 584 g/mol. The molecule has 0 aliphatic heterocycles. The Hall–Kier alpha value is -3.79. The van der Waals surface area contributed by atoms with Crippen molar-refractivity contribution in [1.82, 2.24) is 0 Å². The fourth-order valence-corrected chi connectivity index (χ4v) is 6.04. The van der Waals surface area contributed by atoms with Crippen molar-refractivity contribution in [3.63, 3.8) is 0 Å². The molecule has 2 aliphatic rings. The van der Waals surface area contributed by atoms with E-state index in [1.807, 2.05) is 0 Å². The van der Waals surface area contributed by atoms with Crippen LogP contribution < -0.4 is 4.74 Å². The lowest BCUT2D eigenvalue weighted by Gasteiger charge is -2.47. The molecule has 2 aliphatic carbocycles. The van der Waals surface area contributed by atoms with Gasteiger partial charge >= 0.3 is 17.9 Å². The van der Waals surface area contributed by atoms with Gasteiger partial charge in [0.1, 0.15) is 11.9 Å². The molecule has 0 aromatic heterocycles. The molecule has 1 aromatic rings. The highest BCUT2D eigenvalue weighted by Crippen LogP contribution is 2.53. The Morgan fingerprint density at radius 2 is 1.52 bits per heavy atom. The van der Waals surface area contributed by atoms with Gasteiger partial charge in [0.05, 0.1) is 0 Å². The van der Waals surface area contributed by atoms with E-state index < -0.39 is 76.2 Å². The van der Waals surface area contributed by atoms with Crippen molar-refractivity contribution in [1.29, 1.82) is 0 Å². The minimum Gasteiger partial charge on any atom is -0.487 e. The second kappa shape index (κ2) is 12.2. The van der Waals surface area contributed by atoms with Crippen molar-refractivity contribution < 1.29 is 48.0 Å². The van der Waals surface area contributed by atoms with Gasteiger partial charge < -0.3 is 24.1 Å². The van der Waals surface area contributed by atoms with Gasteiger partial charge in [-0.05, 0) is 31.6 Å². The van der Waals surface area contributed by atoms with E-state index in [2.05, 4.69) is 6.58 Å². The van der Waals surface area contributed by atoms with Crippen LogP contribution in [0.25, 0.3) is 0 Å². The van der Waals surface area contributed by atoms with E-state index >= 15 is 0 Å². The number of benzene rings is 1. The van der Waals surface area contributed by atoms with Crippen molar-refractivity contribution in [3.8, 4) is 5.75 Å². The topological polar surface area (TPSA) is 143 Å². The van der Waals surface area contributed by atoms with Gasteiger partial charge in [-0.25, -0.2) is 0 Å². The number of rotatable bonds is 5. The maximum Gasteiger partial charge on any atom is 0.303 e. The molecule has 1 saturated carbocycles. The maximum atomic E-state index is 14.4. The van der Waals surface area contributed by atoms with E-state index in [-0.39, 0.29) is 18.4 Å². The van der Waals surface area contributed by atoms with Gasteiger partial charge in [-0.15, -0.1) is 0 Å². The van der Waals surface area contributed by atoms with E-state index in [0.29, 0.717) is 5.75 Å². The van der Waals surface area contributed by atoms with E-state index in [1.165, 1.54) is 12.2 Å². The van der Waals surface area contributed by atoms with E-state index in [9.17, 15) is 29.1 Å². The van der Waals surface area contributed by atoms with Gasteiger partial charge in [-0.2, -0.15) is 0 Å². The maximum absolute atomic E-state index is 14.4. The number of fused-ring (bicyclic) bond motifs is 1. The zero-order valence-corrected chi connectivity index (χ0v) is 25.2.